The van der Waals surface area contributed by atoms with Gasteiger partial charge < -0.3 is 23.8 Å². The molecule has 168 valence electrons. The summed E-state index contributed by atoms with van der Waals surface area (Å²) in [6.45, 7) is 6.76. The molecule has 0 aromatic heterocycles. The van der Waals surface area contributed by atoms with Gasteiger partial charge in [-0.25, -0.2) is 5.01 Å². The van der Waals surface area contributed by atoms with E-state index in [9.17, 15) is 0 Å². The first-order chi connectivity index (χ1) is 15.6. The molecule has 0 saturated carbocycles. The molecule has 32 heavy (non-hydrogen) atoms. The van der Waals surface area contributed by atoms with E-state index in [0.29, 0.717) is 6.04 Å². The van der Waals surface area contributed by atoms with Gasteiger partial charge in [0.05, 0.1) is 18.9 Å². The van der Waals surface area contributed by atoms with E-state index in [0.717, 1.165) is 72.2 Å². The van der Waals surface area contributed by atoms with Crippen molar-refractivity contribution in [2.24, 2.45) is 5.10 Å². The van der Waals surface area contributed by atoms with E-state index in [1.165, 1.54) is 0 Å². The molecule has 2 aromatic carbocycles. The minimum atomic E-state index is -0.463. The third kappa shape index (κ3) is 2.94. The molecule has 1 saturated heterocycles. The van der Waals surface area contributed by atoms with Gasteiger partial charge in [-0.15, -0.1) is 0 Å². The Morgan fingerprint density at radius 3 is 2.69 bits per heavy atom. The van der Waals surface area contributed by atoms with Crippen LogP contribution < -0.4 is 18.9 Å². The fourth-order valence-electron chi connectivity index (χ4n) is 5.40. The molecule has 0 unspecified atom stereocenters. The van der Waals surface area contributed by atoms with E-state index in [1.807, 2.05) is 24.3 Å². The Labute approximate surface area is 188 Å². The average Bonchev–Trinajstić information content (AvgIpc) is 3.47. The minimum Gasteiger partial charge on any atom is -0.493 e. The quantitative estimate of drug-likeness (QED) is 0.721. The highest BCUT2D eigenvalue weighted by atomic mass is 16.7. The number of piperidine rings is 1. The molecule has 0 N–H and O–H groups in total. The predicted molar refractivity (Wildman–Crippen MR) is 121 cm³/mol. The molecule has 6 rings (SSSR count). The van der Waals surface area contributed by atoms with Crippen LogP contribution in [0.1, 0.15) is 50.3 Å². The molecular formula is C25H29N3O4. The van der Waals surface area contributed by atoms with Crippen LogP contribution in [-0.2, 0) is 0 Å². The largest absolute Gasteiger partial charge is 0.493 e. The van der Waals surface area contributed by atoms with Crippen molar-refractivity contribution in [3.63, 3.8) is 0 Å². The second kappa shape index (κ2) is 7.30. The zero-order valence-corrected chi connectivity index (χ0v) is 18.8. The number of fused-ring (bicyclic) bond motifs is 5. The van der Waals surface area contributed by atoms with Crippen LogP contribution in [0.15, 0.2) is 41.5 Å². The third-order valence-corrected chi connectivity index (χ3v) is 7.22. The maximum Gasteiger partial charge on any atom is 0.231 e. The Kier molecular flexibility index (Phi) is 4.50. The third-order valence-electron chi connectivity index (χ3n) is 7.22. The van der Waals surface area contributed by atoms with E-state index in [4.69, 9.17) is 24.0 Å². The fraction of sp³-hybridized carbons (Fsp3) is 0.480. The number of para-hydroxylation sites is 1. The lowest BCUT2D eigenvalue weighted by Gasteiger charge is -2.51. The number of nitrogens with zero attached hydrogens (tertiary/aromatic N) is 3. The normalized spacial score (nSPS) is 23.1. The molecule has 7 nitrogen and oxygen atoms in total. The molecule has 0 aliphatic carbocycles. The Morgan fingerprint density at radius 2 is 1.91 bits per heavy atom. The summed E-state index contributed by atoms with van der Waals surface area (Å²) in [5, 5.41) is 7.42. The van der Waals surface area contributed by atoms with Crippen molar-refractivity contribution >= 4 is 5.71 Å². The number of ether oxygens (including phenoxy) is 4. The van der Waals surface area contributed by atoms with Gasteiger partial charge in [0.25, 0.3) is 0 Å². The Balaban J connectivity index is 1.41. The van der Waals surface area contributed by atoms with Gasteiger partial charge >= 0.3 is 0 Å². The number of benzene rings is 2. The molecule has 4 aliphatic heterocycles. The van der Waals surface area contributed by atoms with Gasteiger partial charge in [0.15, 0.2) is 23.0 Å². The van der Waals surface area contributed by atoms with Gasteiger partial charge in [-0.3, -0.25) is 0 Å². The first-order valence-electron chi connectivity index (χ1n) is 11.4. The van der Waals surface area contributed by atoms with Gasteiger partial charge in [0.2, 0.25) is 12.5 Å². The van der Waals surface area contributed by atoms with Crippen LogP contribution in [0, 0.1) is 0 Å². The van der Waals surface area contributed by atoms with Gasteiger partial charge in [-0.05, 0) is 38.1 Å². The minimum absolute atomic E-state index is 0.125. The van der Waals surface area contributed by atoms with E-state index < -0.39 is 5.72 Å². The van der Waals surface area contributed by atoms with Crippen molar-refractivity contribution in [1.82, 2.24) is 9.91 Å². The van der Waals surface area contributed by atoms with Crippen LogP contribution in [0.25, 0.3) is 0 Å². The van der Waals surface area contributed by atoms with E-state index >= 15 is 0 Å². The van der Waals surface area contributed by atoms with E-state index in [-0.39, 0.29) is 12.8 Å². The number of methoxy groups -OCH3 is 1. The highest BCUT2D eigenvalue weighted by Gasteiger charge is 2.52. The van der Waals surface area contributed by atoms with Crippen LogP contribution in [0.5, 0.6) is 23.0 Å². The number of likely N-dealkylation sites (tertiary alicyclic amines) is 1. The maximum atomic E-state index is 6.81. The molecule has 1 spiro atoms. The van der Waals surface area contributed by atoms with Gasteiger partial charge in [0.1, 0.15) is 0 Å². The van der Waals surface area contributed by atoms with Gasteiger partial charge in [-0.2, -0.15) is 5.10 Å². The van der Waals surface area contributed by atoms with E-state index in [2.05, 4.69) is 35.9 Å². The van der Waals surface area contributed by atoms with Crippen molar-refractivity contribution in [3.05, 3.63) is 47.5 Å². The Bertz CT molecular complexity index is 1070. The molecule has 0 bridgehead atoms. The smallest absolute Gasteiger partial charge is 0.231 e. The summed E-state index contributed by atoms with van der Waals surface area (Å²) in [5.74, 6) is 3.25. The molecule has 7 heteroatoms. The molecule has 4 aliphatic rings. The SMILES string of the molecule is COc1cccc2c1OC1(CCN(C(C)C)CC1)N1N=C(c3ccc4c(c3)OCO4)C[C@@H]21. The highest BCUT2D eigenvalue weighted by Crippen LogP contribution is 2.53. The van der Waals surface area contributed by atoms with E-state index in [1.54, 1.807) is 7.11 Å². The molecular weight excluding hydrogens is 406 g/mol. The van der Waals surface area contributed by atoms with Crippen molar-refractivity contribution in [2.45, 2.75) is 50.9 Å². The van der Waals surface area contributed by atoms with Gasteiger partial charge in [0, 0.05) is 49.5 Å². The molecule has 4 heterocycles. The number of hydrazone groups is 1. The van der Waals surface area contributed by atoms with Crippen molar-refractivity contribution < 1.29 is 18.9 Å². The summed E-state index contributed by atoms with van der Waals surface area (Å²) in [6, 6.07) is 12.9. The predicted octanol–water partition coefficient (Wildman–Crippen LogP) is 4.17. The molecule has 0 radical (unpaired) electrons. The monoisotopic (exact) mass is 435 g/mol. The average molecular weight is 436 g/mol. The lowest BCUT2D eigenvalue weighted by molar-refractivity contribution is -0.153. The first kappa shape index (κ1) is 19.7. The first-order valence-corrected chi connectivity index (χ1v) is 11.4. The number of hydrogen-bond acceptors (Lipinski definition) is 7. The standard InChI is InChI=1S/C25H29N3O4/c1-16(2)27-11-9-25(10-12-27)28-20(18-5-4-6-22(29-3)24(18)32-25)14-19(26-28)17-7-8-21-23(13-17)31-15-30-21/h4-8,13,16,20H,9-12,14-15H2,1-3H3/t20-/m0/s1. The topological polar surface area (TPSA) is 55.8 Å². The lowest BCUT2D eigenvalue weighted by atomic mass is 9.90. The second-order valence-electron chi connectivity index (χ2n) is 9.24. The maximum absolute atomic E-state index is 6.81. The van der Waals surface area contributed by atoms with Crippen LogP contribution in [0.2, 0.25) is 0 Å². The number of rotatable bonds is 3. The van der Waals surface area contributed by atoms with Crippen molar-refractivity contribution in [1.29, 1.82) is 0 Å². The second-order valence-corrected chi connectivity index (χ2v) is 9.24. The lowest BCUT2D eigenvalue weighted by Crippen LogP contribution is -2.59. The summed E-state index contributed by atoms with van der Waals surface area (Å²) < 4.78 is 23.6. The summed E-state index contributed by atoms with van der Waals surface area (Å²) in [7, 11) is 1.71. The summed E-state index contributed by atoms with van der Waals surface area (Å²) in [6.07, 6.45) is 2.62. The van der Waals surface area contributed by atoms with Crippen molar-refractivity contribution in [2.75, 3.05) is 27.0 Å². The Morgan fingerprint density at radius 1 is 1.09 bits per heavy atom. The highest BCUT2D eigenvalue weighted by molar-refractivity contribution is 6.02. The van der Waals surface area contributed by atoms with Gasteiger partial charge in [-0.1, -0.05) is 12.1 Å². The molecule has 0 amide bonds. The van der Waals surface area contributed by atoms with Crippen LogP contribution >= 0.6 is 0 Å². The molecule has 1 atom stereocenters. The Hall–Kier alpha value is -2.93. The van der Waals surface area contributed by atoms with Crippen LogP contribution in [-0.4, -0.2) is 54.4 Å². The summed E-state index contributed by atoms with van der Waals surface area (Å²) in [5.41, 5.74) is 2.80. The summed E-state index contributed by atoms with van der Waals surface area (Å²) >= 11 is 0. The molecule has 1 fully saturated rings. The number of hydrogen-bond donors (Lipinski definition) is 0. The van der Waals surface area contributed by atoms with Crippen LogP contribution in [0.3, 0.4) is 0 Å². The zero-order chi connectivity index (χ0) is 21.9. The fourth-order valence-corrected chi connectivity index (χ4v) is 5.40. The summed E-state index contributed by atoms with van der Waals surface area (Å²) in [4.78, 5) is 2.51. The zero-order valence-electron chi connectivity index (χ0n) is 18.8. The molecule has 2 aromatic rings. The van der Waals surface area contributed by atoms with Crippen molar-refractivity contribution in [3.8, 4) is 23.0 Å². The van der Waals surface area contributed by atoms with Crippen LogP contribution in [0.4, 0.5) is 0 Å².